The lowest BCUT2D eigenvalue weighted by Gasteiger charge is -2.33. The predicted octanol–water partition coefficient (Wildman–Crippen LogP) is 3.25. The third-order valence-corrected chi connectivity index (χ3v) is 6.82. The number of hydrogen-bond donors (Lipinski definition) is 0. The minimum atomic E-state index is -1.05. The van der Waals surface area contributed by atoms with Crippen LogP contribution >= 0.6 is 11.8 Å². The van der Waals surface area contributed by atoms with Gasteiger partial charge in [-0.2, -0.15) is 5.26 Å². The van der Waals surface area contributed by atoms with Crippen LogP contribution in [-0.2, 0) is 21.0 Å². The maximum absolute atomic E-state index is 13.8. The number of ether oxygens (including phenoxy) is 1. The molecule has 2 heterocycles. The quantitative estimate of drug-likeness (QED) is 0.778. The van der Waals surface area contributed by atoms with Crippen LogP contribution in [0.1, 0.15) is 30.0 Å². The monoisotopic (exact) mass is 407 g/mol. The minimum Gasteiger partial charge on any atom is -0.497 e. The summed E-state index contributed by atoms with van der Waals surface area (Å²) in [6, 6.07) is 15.0. The van der Waals surface area contributed by atoms with Crippen LogP contribution in [0.4, 0.5) is 5.69 Å². The maximum Gasteiger partial charge on any atom is 0.268 e. The molecule has 2 aromatic rings. The first-order valence-corrected chi connectivity index (χ1v) is 10.5. The van der Waals surface area contributed by atoms with E-state index in [4.69, 9.17) is 4.74 Å². The third-order valence-electron chi connectivity index (χ3n) is 5.40. The summed E-state index contributed by atoms with van der Waals surface area (Å²) in [6.07, 6.45) is 0.346. The van der Waals surface area contributed by atoms with E-state index in [1.807, 2.05) is 37.3 Å². The van der Waals surface area contributed by atoms with Gasteiger partial charge in [0.05, 0.1) is 31.0 Å². The summed E-state index contributed by atoms with van der Waals surface area (Å²) in [7, 11) is 1.59. The van der Waals surface area contributed by atoms with Gasteiger partial charge in [0.25, 0.3) is 5.91 Å². The lowest BCUT2D eigenvalue weighted by atomic mass is 10.0. The highest BCUT2D eigenvalue weighted by Gasteiger charge is 2.59. The molecule has 6 nitrogen and oxygen atoms in total. The van der Waals surface area contributed by atoms with Crippen LogP contribution < -0.4 is 9.64 Å². The molecule has 2 aromatic carbocycles. The van der Waals surface area contributed by atoms with E-state index in [2.05, 4.69) is 6.07 Å². The largest absolute Gasteiger partial charge is 0.497 e. The van der Waals surface area contributed by atoms with Gasteiger partial charge < -0.3 is 14.5 Å². The van der Waals surface area contributed by atoms with Crippen LogP contribution in [0.15, 0.2) is 42.5 Å². The molecule has 1 fully saturated rings. The summed E-state index contributed by atoms with van der Waals surface area (Å²) in [6.45, 7) is 2.69. The molecular formula is C22H21N3O3S. The number of nitrogens with zero attached hydrogens (tertiary/aromatic N) is 3. The van der Waals surface area contributed by atoms with Crippen molar-refractivity contribution in [3.8, 4) is 11.8 Å². The molecule has 0 bridgehead atoms. The van der Waals surface area contributed by atoms with Crippen LogP contribution in [0.2, 0.25) is 0 Å². The lowest BCUT2D eigenvalue weighted by molar-refractivity contribution is -0.139. The van der Waals surface area contributed by atoms with Crippen molar-refractivity contribution in [2.24, 2.45) is 0 Å². The molecule has 0 saturated carbocycles. The van der Waals surface area contributed by atoms with E-state index in [1.54, 1.807) is 29.0 Å². The van der Waals surface area contributed by atoms with Gasteiger partial charge in [0.15, 0.2) is 4.87 Å². The number of hydrogen-bond acceptors (Lipinski definition) is 5. The normalized spacial score (nSPS) is 20.1. The van der Waals surface area contributed by atoms with E-state index in [0.717, 1.165) is 16.8 Å². The summed E-state index contributed by atoms with van der Waals surface area (Å²) in [5, 5.41) is 9.19. The Kier molecular flexibility index (Phi) is 4.97. The number of anilines is 1. The summed E-state index contributed by atoms with van der Waals surface area (Å²) >= 11 is 1.50. The van der Waals surface area contributed by atoms with Crippen molar-refractivity contribution in [2.45, 2.75) is 24.8 Å². The number of amides is 2. The van der Waals surface area contributed by atoms with Crippen molar-refractivity contribution in [3.05, 3.63) is 59.2 Å². The van der Waals surface area contributed by atoms with Gasteiger partial charge in [-0.25, -0.2) is 0 Å². The summed E-state index contributed by atoms with van der Waals surface area (Å²) in [5.41, 5.74) is 2.99. The summed E-state index contributed by atoms with van der Waals surface area (Å²) in [5.74, 6) is 1.20. The fourth-order valence-electron chi connectivity index (χ4n) is 4.05. The fraction of sp³-hybridized carbons (Fsp3) is 0.318. The molecule has 0 aliphatic carbocycles. The van der Waals surface area contributed by atoms with Crippen molar-refractivity contribution in [3.63, 3.8) is 0 Å². The number of thioether (sulfide) groups is 1. The summed E-state index contributed by atoms with van der Waals surface area (Å²) < 4.78 is 5.40. The molecule has 1 spiro atoms. The van der Waals surface area contributed by atoms with E-state index < -0.39 is 4.87 Å². The van der Waals surface area contributed by atoms with Gasteiger partial charge in [-0.1, -0.05) is 19.1 Å². The molecule has 29 heavy (non-hydrogen) atoms. The first-order valence-electron chi connectivity index (χ1n) is 9.49. The Bertz CT molecular complexity index is 1030. The summed E-state index contributed by atoms with van der Waals surface area (Å²) in [4.78, 5) is 28.9. The zero-order valence-corrected chi connectivity index (χ0v) is 17.2. The number of nitriles is 1. The molecule has 148 valence electrons. The number of carbonyl (C=O) groups excluding carboxylic acids is 2. The van der Waals surface area contributed by atoms with Crippen molar-refractivity contribution >= 4 is 29.3 Å². The highest BCUT2D eigenvalue weighted by Crippen LogP contribution is 2.55. The highest BCUT2D eigenvalue weighted by atomic mass is 32.2. The van der Waals surface area contributed by atoms with Gasteiger partial charge in [0.1, 0.15) is 5.75 Å². The predicted molar refractivity (Wildman–Crippen MR) is 111 cm³/mol. The number of benzene rings is 2. The zero-order chi connectivity index (χ0) is 20.6. The van der Waals surface area contributed by atoms with E-state index in [-0.39, 0.29) is 11.8 Å². The molecular weight excluding hydrogens is 386 g/mol. The number of carbonyl (C=O) groups is 2. The smallest absolute Gasteiger partial charge is 0.268 e. The maximum atomic E-state index is 13.8. The topological polar surface area (TPSA) is 73.6 Å². The molecule has 0 N–H and O–H groups in total. The van der Waals surface area contributed by atoms with E-state index in [9.17, 15) is 14.9 Å². The second kappa shape index (κ2) is 7.45. The second-order valence-corrected chi connectivity index (χ2v) is 8.27. The minimum absolute atomic E-state index is 0.0366. The number of methoxy groups -OCH3 is 1. The molecule has 2 aliphatic heterocycles. The van der Waals surface area contributed by atoms with Crippen LogP contribution in [0.5, 0.6) is 5.75 Å². The van der Waals surface area contributed by atoms with Gasteiger partial charge in [-0.05, 0) is 35.9 Å². The molecule has 2 aliphatic rings. The highest BCUT2D eigenvalue weighted by molar-refractivity contribution is 8.01. The fourth-order valence-corrected chi connectivity index (χ4v) is 5.52. The number of fused-ring (bicyclic) bond motifs is 2. The Labute approximate surface area is 174 Å². The molecule has 0 radical (unpaired) electrons. The van der Waals surface area contributed by atoms with Crippen LogP contribution in [0, 0.1) is 11.3 Å². The third kappa shape index (κ3) is 2.95. The lowest BCUT2D eigenvalue weighted by Crippen LogP contribution is -2.50. The van der Waals surface area contributed by atoms with E-state index in [1.165, 1.54) is 11.8 Å². The molecule has 0 unspecified atom stereocenters. The Hall–Kier alpha value is -2.98. The molecule has 4 rings (SSSR count). The SMILES string of the molecule is CCC(=O)N1CCS[C@@]12C(=O)N(Cc1cccc(C#N)c1)c1ccc(OC)cc12. The Balaban J connectivity index is 1.82. The molecule has 1 atom stereocenters. The second-order valence-electron chi connectivity index (χ2n) is 6.98. The Morgan fingerprint density at radius 3 is 2.86 bits per heavy atom. The van der Waals surface area contributed by atoms with Crippen molar-refractivity contribution in [2.75, 3.05) is 24.3 Å². The first-order chi connectivity index (χ1) is 14.0. The average Bonchev–Trinajstić information content (AvgIpc) is 3.30. The first kappa shape index (κ1) is 19.3. The zero-order valence-electron chi connectivity index (χ0n) is 16.3. The van der Waals surface area contributed by atoms with Gasteiger partial charge in [0.2, 0.25) is 5.91 Å². The van der Waals surface area contributed by atoms with E-state index in [0.29, 0.717) is 36.6 Å². The Morgan fingerprint density at radius 1 is 1.31 bits per heavy atom. The van der Waals surface area contributed by atoms with Crippen LogP contribution in [0.25, 0.3) is 0 Å². The van der Waals surface area contributed by atoms with Crippen LogP contribution in [-0.4, -0.2) is 36.1 Å². The van der Waals surface area contributed by atoms with Crippen LogP contribution in [0.3, 0.4) is 0 Å². The van der Waals surface area contributed by atoms with Crippen molar-refractivity contribution in [1.29, 1.82) is 5.26 Å². The van der Waals surface area contributed by atoms with Gasteiger partial charge in [-0.15, -0.1) is 11.8 Å². The molecule has 1 saturated heterocycles. The average molecular weight is 407 g/mol. The van der Waals surface area contributed by atoms with Gasteiger partial charge >= 0.3 is 0 Å². The van der Waals surface area contributed by atoms with Crippen molar-refractivity contribution < 1.29 is 14.3 Å². The van der Waals surface area contributed by atoms with Gasteiger partial charge in [0, 0.05) is 24.3 Å². The standard InChI is InChI=1S/C22H21N3O3S/c1-3-20(26)25-9-10-29-22(25)18-12-17(28-2)7-8-19(18)24(21(22)27)14-16-6-4-5-15(11-16)13-23/h4-8,11-12H,3,9-10,14H2,1-2H3/t22-/m0/s1. The van der Waals surface area contributed by atoms with E-state index >= 15 is 0 Å². The van der Waals surface area contributed by atoms with Crippen molar-refractivity contribution in [1.82, 2.24) is 4.90 Å². The molecule has 2 amide bonds. The number of rotatable bonds is 4. The Morgan fingerprint density at radius 2 is 2.14 bits per heavy atom. The molecule has 0 aromatic heterocycles. The van der Waals surface area contributed by atoms with Gasteiger partial charge in [-0.3, -0.25) is 9.59 Å². The molecule has 7 heteroatoms.